The van der Waals surface area contributed by atoms with Gasteiger partial charge in [0.25, 0.3) is 10.0 Å². The third-order valence-electron chi connectivity index (χ3n) is 5.11. The maximum Gasteiger partial charge on any atom is 0.263 e. The lowest BCUT2D eigenvalue weighted by Gasteiger charge is -2.10. The molecule has 0 radical (unpaired) electrons. The molecule has 0 spiro atoms. The number of benzene rings is 2. The van der Waals surface area contributed by atoms with E-state index in [0.29, 0.717) is 29.5 Å². The Morgan fingerprint density at radius 3 is 2.59 bits per heavy atom. The summed E-state index contributed by atoms with van der Waals surface area (Å²) in [6.45, 7) is 1.40. The highest BCUT2D eigenvalue weighted by Gasteiger charge is 2.20. The third-order valence-corrected chi connectivity index (χ3v) is 7.47. The van der Waals surface area contributed by atoms with Gasteiger partial charge in [0.05, 0.1) is 15.4 Å². The number of unbranched alkanes of at least 4 members (excludes halogenated alkanes) is 1. The van der Waals surface area contributed by atoms with Crippen LogP contribution in [0.25, 0.3) is 22.3 Å². The minimum absolute atomic E-state index is 0.0264. The van der Waals surface area contributed by atoms with Gasteiger partial charge in [-0.25, -0.2) is 18.1 Å². The van der Waals surface area contributed by atoms with E-state index in [0.717, 1.165) is 30.3 Å². The second kappa shape index (κ2) is 10.1. The molecule has 34 heavy (non-hydrogen) atoms. The highest BCUT2D eigenvalue weighted by atomic mass is 35.5. The molecule has 178 valence electrons. The summed E-state index contributed by atoms with van der Waals surface area (Å²) in [7, 11) is -2.10. The molecule has 4 N–H and O–H groups in total. The number of hydrogen-bond donors (Lipinski definition) is 3. The zero-order valence-electron chi connectivity index (χ0n) is 18.3. The van der Waals surface area contributed by atoms with Gasteiger partial charge < -0.3 is 11.1 Å². The highest BCUT2D eigenvalue weighted by molar-refractivity contribution is 7.92. The largest absolute Gasteiger partial charge is 0.354 e. The Hall–Kier alpha value is -2.92. The number of nitrogens with two attached hydrogens (primary N) is 1. The summed E-state index contributed by atoms with van der Waals surface area (Å²) < 4.78 is 29.7. The standard InChI is InChI=1S/C22H23Cl2N7O2S/c1-31-21-16(13-27-22(28-21)26-12-3-2-11-25)20(29-31)14-7-9-15(10-8-14)30-34(32,33)18-6-4-5-17(23)19(18)24/h4-10,13,30H,2-3,11-12,25H2,1H3,(H,26,27,28). The van der Waals surface area contributed by atoms with E-state index in [4.69, 9.17) is 28.9 Å². The summed E-state index contributed by atoms with van der Waals surface area (Å²) in [6, 6.07) is 11.3. The van der Waals surface area contributed by atoms with E-state index in [-0.39, 0.29) is 14.9 Å². The molecular formula is C22H23Cl2N7O2S. The maximum atomic E-state index is 12.8. The summed E-state index contributed by atoms with van der Waals surface area (Å²) in [4.78, 5) is 8.87. The van der Waals surface area contributed by atoms with Gasteiger partial charge in [-0.3, -0.25) is 4.72 Å². The summed E-state index contributed by atoms with van der Waals surface area (Å²) in [5, 5.41) is 8.70. The number of hydrogen-bond acceptors (Lipinski definition) is 7. The van der Waals surface area contributed by atoms with Gasteiger partial charge in [-0.15, -0.1) is 0 Å². The van der Waals surface area contributed by atoms with E-state index in [9.17, 15) is 8.42 Å². The Kier molecular flexibility index (Phi) is 7.22. The van der Waals surface area contributed by atoms with E-state index >= 15 is 0 Å². The van der Waals surface area contributed by atoms with Crippen LogP contribution in [0.5, 0.6) is 0 Å². The van der Waals surface area contributed by atoms with Gasteiger partial charge in [0.15, 0.2) is 5.65 Å². The number of aryl methyl sites for hydroxylation is 1. The Morgan fingerprint density at radius 2 is 1.85 bits per heavy atom. The molecular weight excluding hydrogens is 497 g/mol. The first-order valence-corrected chi connectivity index (χ1v) is 12.7. The monoisotopic (exact) mass is 519 g/mol. The SMILES string of the molecule is Cn1nc(-c2ccc(NS(=O)(=O)c3cccc(Cl)c3Cl)cc2)c2cnc(NCCCCN)nc21. The van der Waals surface area contributed by atoms with Gasteiger partial charge in [-0.2, -0.15) is 10.1 Å². The summed E-state index contributed by atoms with van der Waals surface area (Å²) in [6.07, 6.45) is 3.60. The van der Waals surface area contributed by atoms with E-state index in [1.165, 1.54) is 18.2 Å². The zero-order chi connectivity index (χ0) is 24.3. The number of aromatic nitrogens is 4. The van der Waals surface area contributed by atoms with Crippen LogP contribution in [0.3, 0.4) is 0 Å². The number of halogens is 2. The summed E-state index contributed by atoms with van der Waals surface area (Å²) in [5.41, 5.74) is 8.07. The molecule has 2 aromatic carbocycles. The van der Waals surface area contributed by atoms with Crippen molar-refractivity contribution in [3.8, 4) is 11.3 Å². The number of nitrogens with one attached hydrogen (secondary N) is 2. The van der Waals surface area contributed by atoms with Crippen LogP contribution >= 0.6 is 23.2 Å². The normalized spacial score (nSPS) is 11.6. The molecule has 0 fully saturated rings. The van der Waals surface area contributed by atoms with Gasteiger partial charge in [0.2, 0.25) is 5.95 Å². The molecule has 0 saturated heterocycles. The van der Waals surface area contributed by atoms with E-state index in [2.05, 4.69) is 25.1 Å². The van der Waals surface area contributed by atoms with Crippen molar-refractivity contribution in [1.82, 2.24) is 19.7 Å². The molecule has 0 unspecified atom stereocenters. The van der Waals surface area contributed by atoms with Crippen molar-refractivity contribution in [2.75, 3.05) is 23.1 Å². The van der Waals surface area contributed by atoms with Crippen molar-refractivity contribution in [3.63, 3.8) is 0 Å². The first-order chi connectivity index (χ1) is 16.3. The van der Waals surface area contributed by atoms with Crippen LogP contribution in [0.4, 0.5) is 11.6 Å². The third kappa shape index (κ3) is 5.10. The first kappa shape index (κ1) is 24.2. The van der Waals surface area contributed by atoms with Crippen LogP contribution in [0.1, 0.15) is 12.8 Å². The molecule has 0 aliphatic carbocycles. The van der Waals surface area contributed by atoms with Gasteiger partial charge >= 0.3 is 0 Å². The molecule has 0 saturated carbocycles. The second-order valence-corrected chi connectivity index (χ2v) is 10.00. The Balaban J connectivity index is 1.55. The highest BCUT2D eigenvalue weighted by Crippen LogP contribution is 2.31. The molecule has 2 heterocycles. The lowest BCUT2D eigenvalue weighted by Crippen LogP contribution is -2.13. The molecule has 4 aromatic rings. The fourth-order valence-corrected chi connectivity index (χ4v) is 5.22. The van der Waals surface area contributed by atoms with Crippen LogP contribution in [0, 0.1) is 0 Å². The lowest BCUT2D eigenvalue weighted by atomic mass is 10.1. The second-order valence-electron chi connectivity index (χ2n) is 7.56. The Bertz CT molecular complexity index is 1420. The van der Waals surface area contributed by atoms with Crippen molar-refractivity contribution in [1.29, 1.82) is 0 Å². The van der Waals surface area contributed by atoms with Crippen molar-refractivity contribution in [2.45, 2.75) is 17.7 Å². The molecule has 12 heteroatoms. The molecule has 0 aliphatic heterocycles. The fourth-order valence-electron chi connectivity index (χ4n) is 3.40. The predicted octanol–water partition coefficient (Wildman–Crippen LogP) is 4.29. The topological polar surface area (TPSA) is 128 Å². The number of sulfonamides is 1. The van der Waals surface area contributed by atoms with E-state index in [1.54, 1.807) is 35.1 Å². The zero-order valence-corrected chi connectivity index (χ0v) is 20.6. The van der Waals surface area contributed by atoms with Crippen LogP contribution in [0.15, 0.2) is 53.6 Å². The van der Waals surface area contributed by atoms with Gasteiger partial charge in [-0.05, 0) is 43.7 Å². The molecule has 9 nitrogen and oxygen atoms in total. The molecule has 4 rings (SSSR count). The minimum atomic E-state index is -3.91. The predicted molar refractivity (Wildman–Crippen MR) is 136 cm³/mol. The first-order valence-electron chi connectivity index (χ1n) is 10.5. The quantitative estimate of drug-likeness (QED) is 0.281. The number of fused-ring (bicyclic) bond motifs is 1. The van der Waals surface area contributed by atoms with E-state index < -0.39 is 10.0 Å². The van der Waals surface area contributed by atoms with Crippen molar-refractivity contribution < 1.29 is 8.42 Å². The molecule has 0 bridgehead atoms. The number of rotatable bonds is 9. The van der Waals surface area contributed by atoms with Crippen molar-refractivity contribution in [2.24, 2.45) is 12.8 Å². The smallest absolute Gasteiger partial charge is 0.263 e. The Labute approximate surface area is 207 Å². The summed E-state index contributed by atoms with van der Waals surface area (Å²) in [5.74, 6) is 0.531. The van der Waals surface area contributed by atoms with Gasteiger partial charge in [0, 0.05) is 31.0 Å². The Morgan fingerprint density at radius 1 is 1.09 bits per heavy atom. The number of anilines is 2. The summed E-state index contributed by atoms with van der Waals surface area (Å²) >= 11 is 12.0. The van der Waals surface area contributed by atoms with Crippen LogP contribution in [-0.4, -0.2) is 41.3 Å². The maximum absolute atomic E-state index is 12.8. The van der Waals surface area contributed by atoms with Crippen molar-refractivity contribution >= 4 is 55.9 Å². The molecule has 0 amide bonds. The molecule has 0 atom stereocenters. The number of nitrogens with zero attached hydrogens (tertiary/aromatic N) is 4. The van der Waals surface area contributed by atoms with Crippen molar-refractivity contribution in [3.05, 3.63) is 58.7 Å². The average Bonchev–Trinajstić information content (AvgIpc) is 3.14. The minimum Gasteiger partial charge on any atom is -0.354 e. The van der Waals surface area contributed by atoms with Gasteiger partial charge in [-0.1, -0.05) is 41.4 Å². The molecule has 0 aliphatic rings. The average molecular weight is 520 g/mol. The lowest BCUT2D eigenvalue weighted by molar-refractivity contribution is 0.601. The fraction of sp³-hybridized carbons (Fsp3) is 0.227. The van der Waals surface area contributed by atoms with Gasteiger partial charge in [0.1, 0.15) is 10.6 Å². The molecule has 2 aromatic heterocycles. The van der Waals surface area contributed by atoms with Crippen LogP contribution < -0.4 is 15.8 Å². The van der Waals surface area contributed by atoms with Crippen LogP contribution in [0.2, 0.25) is 10.0 Å². The van der Waals surface area contributed by atoms with E-state index in [1.807, 2.05) is 7.05 Å². The van der Waals surface area contributed by atoms with Crippen LogP contribution in [-0.2, 0) is 17.1 Å².